The van der Waals surface area contributed by atoms with E-state index in [1.165, 1.54) is 0 Å². The summed E-state index contributed by atoms with van der Waals surface area (Å²) in [5.41, 5.74) is -0.655. The van der Waals surface area contributed by atoms with Gasteiger partial charge in [-0.25, -0.2) is 13.1 Å². The predicted octanol–water partition coefficient (Wildman–Crippen LogP) is 1.66. The summed E-state index contributed by atoms with van der Waals surface area (Å²) in [4.78, 5) is 0. The third-order valence-electron chi connectivity index (χ3n) is 3.96. The van der Waals surface area contributed by atoms with Crippen LogP contribution in [0.5, 0.6) is 0 Å². The van der Waals surface area contributed by atoms with Gasteiger partial charge in [-0.2, -0.15) is 0 Å². The standard InChI is InChI=1S/C14H29NO4S/c1-12(2)19-9-10-20(17,18)15-11-14(16)7-5-13(3,4)6-8-14/h12,15-16H,5-11H2,1-4H3. The maximum atomic E-state index is 11.8. The van der Waals surface area contributed by atoms with Crippen molar-refractivity contribution in [3.63, 3.8) is 0 Å². The minimum absolute atomic E-state index is 0.0231. The monoisotopic (exact) mass is 307 g/mol. The quantitative estimate of drug-likeness (QED) is 0.750. The van der Waals surface area contributed by atoms with E-state index in [1.54, 1.807) is 0 Å². The summed E-state index contributed by atoms with van der Waals surface area (Å²) in [6, 6.07) is 0. The van der Waals surface area contributed by atoms with Gasteiger partial charge in [0, 0.05) is 6.54 Å². The molecule has 0 aromatic rings. The molecule has 0 heterocycles. The third kappa shape index (κ3) is 6.52. The fourth-order valence-corrected chi connectivity index (χ4v) is 3.23. The van der Waals surface area contributed by atoms with E-state index in [0.717, 1.165) is 12.8 Å². The van der Waals surface area contributed by atoms with E-state index >= 15 is 0 Å². The van der Waals surface area contributed by atoms with E-state index in [-0.39, 0.29) is 30.4 Å². The van der Waals surface area contributed by atoms with Gasteiger partial charge in [0.05, 0.1) is 24.1 Å². The molecule has 0 aromatic heterocycles. The molecule has 6 heteroatoms. The highest BCUT2D eigenvalue weighted by atomic mass is 32.2. The van der Waals surface area contributed by atoms with Crippen molar-refractivity contribution in [2.45, 2.75) is 65.1 Å². The molecule has 1 aliphatic carbocycles. The Labute approximate surface area is 123 Å². The number of nitrogens with one attached hydrogen (secondary N) is 1. The molecule has 20 heavy (non-hydrogen) atoms. The molecule has 0 unspecified atom stereocenters. The van der Waals surface area contributed by atoms with E-state index < -0.39 is 15.6 Å². The maximum Gasteiger partial charge on any atom is 0.213 e. The highest BCUT2D eigenvalue weighted by molar-refractivity contribution is 7.89. The molecule has 0 amide bonds. The van der Waals surface area contributed by atoms with Gasteiger partial charge in [-0.15, -0.1) is 0 Å². The minimum Gasteiger partial charge on any atom is -0.389 e. The Balaban J connectivity index is 2.38. The largest absolute Gasteiger partial charge is 0.389 e. The summed E-state index contributed by atoms with van der Waals surface area (Å²) in [6.45, 7) is 8.38. The lowest BCUT2D eigenvalue weighted by molar-refractivity contribution is -0.0206. The molecular weight excluding hydrogens is 278 g/mol. The zero-order valence-corrected chi connectivity index (χ0v) is 13.9. The van der Waals surface area contributed by atoms with E-state index in [1.807, 2.05) is 13.8 Å². The smallest absolute Gasteiger partial charge is 0.213 e. The number of hydrogen-bond acceptors (Lipinski definition) is 4. The molecule has 1 aliphatic rings. The van der Waals surface area contributed by atoms with Crippen LogP contribution in [0.3, 0.4) is 0 Å². The first kappa shape index (κ1) is 17.9. The van der Waals surface area contributed by atoms with Crippen molar-refractivity contribution < 1.29 is 18.3 Å². The molecule has 0 radical (unpaired) electrons. The topological polar surface area (TPSA) is 75.6 Å². The lowest BCUT2D eigenvalue weighted by Gasteiger charge is -2.40. The fourth-order valence-electron chi connectivity index (χ4n) is 2.28. The molecule has 1 fully saturated rings. The lowest BCUT2D eigenvalue weighted by Crippen LogP contribution is -2.47. The minimum atomic E-state index is -3.38. The highest BCUT2D eigenvalue weighted by Crippen LogP contribution is 2.39. The molecule has 0 bridgehead atoms. The van der Waals surface area contributed by atoms with Crippen LogP contribution < -0.4 is 4.72 Å². The second-order valence-electron chi connectivity index (χ2n) is 6.95. The highest BCUT2D eigenvalue weighted by Gasteiger charge is 2.37. The summed E-state index contributed by atoms with van der Waals surface area (Å²) >= 11 is 0. The molecule has 0 aliphatic heterocycles. The van der Waals surface area contributed by atoms with Crippen LogP contribution in [-0.4, -0.2) is 44.1 Å². The molecule has 0 saturated heterocycles. The number of hydrogen-bond donors (Lipinski definition) is 2. The van der Waals surface area contributed by atoms with Crippen molar-refractivity contribution in [2.24, 2.45) is 5.41 Å². The van der Waals surface area contributed by atoms with Crippen LogP contribution in [0.1, 0.15) is 53.4 Å². The van der Waals surface area contributed by atoms with Crippen LogP contribution in [-0.2, 0) is 14.8 Å². The summed E-state index contributed by atoms with van der Waals surface area (Å²) in [6.07, 6.45) is 3.15. The molecule has 5 nitrogen and oxygen atoms in total. The summed E-state index contributed by atoms with van der Waals surface area (Å²) < 4.78 is 31.4. The maximum absolute atomic E-state index is 11.8. The van der Waals surface area contributed by atoms with Gasteiger partial charge in [0.25, 0.3) is 0 Å². The summed E-state index contributed by atoms with van der Waals surface area (Å²) in [5, 5.41) is 10.4. The van der Waals surface area contributed by atoms with E-state index in [4.69, 9.17) is 4.74 Å². The van der Waals surface area contributed by atoms with Crippen LogP contribution >= 0.6 is 0 Å². The van der Waals surface area contributed by atoms with Crippen LogP contribution in [0, 0.1) is 5.41 Å². The van der Waals surface area contributed by atoms with Gasteiger partial charge in [-0.05, 0) is 44.9 Å². The van der Waals surface area contributed by atoms with Crippen LogP contribution in [0.25, 0.3) is 0 Å². The average Bonchev–Trinajstić information content (AvgIpc) is 2.31. The van der Waals surface area contributed by atoms with Crippen LogP contribution in [0.4, 0.5) is 0 Å². The van der Waals surface area contributed by atoms with Crippen molar-refractivity contribution in [1.82, 2.24) is 4.72 Å². The van der Waals surface area contributed by atoms with E-state index in [2.05, 4.69) is 18.6 Å². The zero-order valence-electron chi connectivity index (χ0n) is 13.1. The Morgan fingerprint density at radius 1 is 1.20 bits per heavy atom. The number of aliphatic hydroxyl groups is 1. The van der Waals surface area contributed by atoms with Gasteiger partial charge in [0.2, 0.25) is 10.0 Å². The lowest BCUT2D eigenvalue weighted by atomic mass is 9.71. The van der Waals surface area contributed by atoms with Gasteiger partial charge in [0.1, 0.15) is 0 Å². The molecule has 0 atom stereocenters. The first-order valence-electron chi connectivity index (χ1n) is 7.35. The predicted molar refractivity (Wildman–Crippen MR) is 80.1 cm³/mol. The van der Waals surface area contributed by atoms with Gasteiger partial charge in [-0.1, -0.05) is 13.8 Å². The van der Waals surface area contributed by atoms with E-state index in [0.29, 0.717) is 12.8 Å². The molecule has 120 valence electrons. The molecule has 1 saturated carbocycles. The SMILES string of the molecule is CC(C)OCCS(=O)(=O)NCC1(O)CCC(C)(C)CC1. The van der Waals surface area contributed by atoms with Gasteiger partial charge in [0.15, 0.2) is 0 Å². The Kier molecular flexibility index (Phi) is 6.01. The van der Waals surface area contributed by atoms with Crippen molar-refractivity contribution >= 4 is 10.0 Å². The third-order valence-corrected chi connectivity index (χ3v) is 5.25. The van der Waals surface area contributed by atoms with Gasteiger partial charge < -0.3 is 9.84 Å². The molecular formula is C14H29NO4S. The Hall–Kier alpha value is -0.170. The fraction of sp³-hybridized carbons (Fsp3) is 1.00. The first-order chi connectivity index (χ1) is 9.04. The molecule has 0 aromatic carbocycles. The second kappa shape index (κ2) is 6.73. The van der Waals surface area contributed by atoms with Crippen molar-refractivity contribution in [3.8, 4) is 0 Å². The summed E-state index contributed by atoms with van der Waals surface area (Å²) in [5.74, 6) is -0.0627. The molecule has 1 rings (SSSR count). The van der Waals surface area contributed by atoms with Crippen LogP contribution in [0.2, 0.25) is 0 Å². The molecule has 0 spiro atoms. The van der Waals surface area contributed by atoms with E-state index in [9.17, 15) is 13.5 Å². The van der Waals surface area contributed by atoms with Crippen molar-refractivity contribution in [2.75, 3.05) is 18.9 Å². The van der Waals surface area contributed by atoms with Crippen molar-refractivity contribution in [3.05, 3.63) is 0 Å². The summed E-state index contributed by atoms with van der Waals surface area (Å²) in [7, 11) is -3.38. The molecule has 2 N–H and O–H groups in total. The Morgan fingerprint density at radius 2 is 1.75 bits per heavy atom. The average molecular weight is 307 g/mol. The second-order valence-corrected chi connectivity index (χ2v) is 8.87. The van der Waals surface area contributed by atoms with Gasteiger partial charge >= 0.3 is 0 Å². The number of ether oxygens (including phenoxy) is 1. The van der Waals surface area contributed by atoms with Gasteiger partial charge in [-0.3, -0.25) is 0 Å². The first-order valence-corrected chi connectivity index (χ1v) is 9.00. The number of rotatable bonds is 7. The Morgan fingerprint density at radius 3 is 2.25 bits per heavy atom. The van der Waals surface area contributed by atoms with Crippen LogP contribution in [0.15, 0.2) is 0 Å². The number of sulfonamides is 1. The Bertz CT molecular complexity index is 393. The normalized spacial score (nSPS) is 22.1. The zero-order chi connectivity index (χ0) is 15.4. The van der Waals surface area contributed by atoms with Crippen molar-refractivity contribution in [1.29, 1.82) is 0 Å².